The van der Waals surface area contributed by atoms with Crippen LogP contribution in [-0.4, -0.2) is 30.3 Å². The van der Waals surface area contributed by atoms with E-state index in [1.165, 1.54) is 0 Å². The van der Waals surface area contributed by atoms with E-state index in [9.17, 15) is 9.59 Å². The molecule has 0 heterocycles. The number of nitrogens with one attached hydrogen (secondary N) is 1. The molecule has 1 atom stereocenters. The van der Waals surface area contributed by atoms with Crippen LogP contribution in [0.5, 0.6) is 0 Å². The van der Waals surface area contributed by atoms with Crippen molar-refractivity contribution >= 4 is 23.7 Å². The van der Waals surface area contributed by atoms with Crippen molar-refractivity contribution in [1.29, 1.82) is 0 Å². The van der Waals surface area contributed by atoms with E-state index >= 15 is 0 Å². The van der Waals surface area contributed by atoms with Gasteiger partial charge < -0.3 is 14.8 Å². The summed E-state index contributed by atoms with van der Waals surface area (Å²) >= 11 is 6.07. The molecule has 0 radical (unpaired) electrons. The maximum absolute atomic E-state index is 12.2. The van der Waals surface area contributed by atoms with Crippen molar-refractivity contribution in [2.24, 2.45) is 0 Å². The Kier molecular flexibility index (Phi) is 8.09. The molecule has 1 N–H and O–H groups in total. The number of hydrogen-bond donors (Lipinski definition) is 1. The van der Waals surface area contributed by atoms with E-state index in [4.69, 9.17) is 21.1 Å². The zero-order valence-electron chi connectivity index (χ0n) is 17.3. The van der Waals surface area contributed by atoms with Crippen LogP contribution in [0, 0.1) is 0 Å². The second kappa shape index (κ2) is 10.3. The van der Waals surface area contributed by atoms with Crippen LogP contribution in [-0.2, 0) is 20.7 Å². The molecule has 0 bridgehead atoms. The van der Waals surface area contributed by atoms with Gasteiger partial charge in [-0.25, -0.2) is 4.79 Å². The standard InChI is InChI=1S/C23H28ClNO4/c1-5-28-21(26)15-20(25-22(27)29-23(2,3)4)13-16-9-11-17(12-10-16)18-7-6-8-19(24)14-18/h6-12,14,20H,5,13,15H2,1-4H3,(H,25,27). The largest absolute Gasteiger partial charge is 0.466 e. The summed E-state index contributed by atoms with van der Waals surface area (Å²) in [5, 5.41) is 3.47. The summed E-state index contributed by atoms with van der Waals surface area (Å²) in [7, 11) is 0. The van der Waals surface area contributed by atoms with Crippen molar-refractivity contribution in [3.05, 3.63) is 59.1 Å². The second-order valence-corrected chi connectivity index (χ2v) is 8.20. The lowest BCUT2D eigenvalue weighted by Gasteiger charge is -2.23. The smallest absolute Gasteiger partial charge is 0.407 e. The topological polar surface area (TPSA) is 64.6 Å². The molecule has 0 spiro atoms. The Balaban J connectivity index is 2.10. The van der Waals surface area contributed by atoms with Crippen LogP contribution >= 0.6 is 11.6 Å². The van der Waals surface area contributed by atoms with Gasteiger partial charge in [-0.15, -0.1) is 0 Å². The molecule has 1 unspecified atom stereocenters. The van der Waals surface area contributed by atoms with Gasteiger partial charge in [-0.3, -0.25) is 4.79 Å². The number of amides is 1. The van der Waals surface area contributed by atoms with Gasteiger partial charge in [0.15, 0.2) is 0 Å². The quantitative estimate of drug-likeness (QED) is 0.613. The minimum Gasteiger partial charge on any atom is -0.466 e. The number of rotatable bonds is 7. The number of halogens is 1. The van der Waals surface area contributed by atoms with E-state index in [1.807, 2.05) is 48.5 Å². The van der Waals surface area contributed by atoms with Gasteiger partial charge in [0.1, 0.15) is 5.60 Å². The molecule has 0 aliphatic carbocycles. The van der Waals surface area contributed by atoms with Gasteiger partial charge in [0, 0.05) is 11.1 Å². The molecule has 0 saturated carbocycles. The number of ether oxygens (including phenoxy) is 2. The third kappa shape index (κ3) is 8.16. The number of alkyl carbamates (subject to hydrolysis) is 1. The average Bonchev–Trinajstić information content (AvgIpc) is 2.60. The Morgan fingerprint density at radius 1 is 1.07 bits per heavy atom. The maximum Gasteiger partial charge on any atom is 0.407 e. The van der Waals surface area contributed by atoms with Crippen molar-refractivity contribution in [2.45, 2.75) is 52.2 Å². The van der Waals surface area contributed by atoms with Crippen molar-refractivity contribution in [2.75, 3.05) is 6.61 Å². The van der Waals surface area contributed by atoms with E-state index in [2.05, 4.69) is 5.32 Å². The summed E-state index contributed by atoms with van der Waals surface area (Å²) in [4.78, 5) is 24.1. The Morgan fingerprint density at radius 2 is 1.76 bits per heavy atom. The zero-order chi connectivity index (χ0) is 21.4. The fourth-order valence-corrected chi connectivity index (χ4v) is 3.05. The van der Waals surface area contributed by atoms with Gasteiger partial charge >= 0.3 is 12.1 Å². The highest BCUT2D eigenvalue weighted by Gasteiger charge is 2.22. The van der Waals surface area contributed by atoms with Gasteiger partial charge in [0.25, 0.3) is 0 Å². The predicted octanol–water partition coefficient (Wildman–Crippen LogP) is 5.40. The molecule has 6 heteroatoms. The Morgan fingerprint density at radius 3 is 2.34 bits per heavy atom. The summed E-state index contributed by atoms with van der Waals surface area (Å²) in [6.45, 7) is 7.43. The van der Waals surface area contributed by atoms with Crippen molar-refractivity contribution < 1.29 is 19.1 Å². The van der Waals surface area contributed by atoms with E-state index in [0.717, 1.165) is 16.7 Å². The summed E-state index contributed by atoms with van der Waals surface area (Å²) in [5.74, 6) is -0.357. The van der Waals surface area contributed by atoms with Gasteiger partial charge in [-0.2, -0.15) is 0 Å². The molecule has 1 amide bonds. The van der Waals surface area contributed by atoms with E-state index < -0.39 is 17.7 Å². The Bertz CT molecular complexity index is 828. The van der Waals surface area contributed by atoms with Crippen molar-refractivity contribution in [3.8, 4) is 11.1 Å². The molecule has 2 aromatic carbocycles. The molecule has 0 aromatic heterocycles. The van der Waals surface area contributed by atoms with E-state index in [1.54, 1.807) is 27.7 Å². The number of hydrogen-bond acceptors (Lipinski definition) is 4. The van der Waals surface area contributed by atoms with Crippen LogP contribution in [0.4, 0.5) is 4.79 Å². The molecular weight excluding hydrogens is 390 g/mol. The second-order valence-electron chi connectivity index (χ2n) is 7.76. The summed E-state index contributed by atoms with van der Waals surface area (Å²) < 4.78 is 10.4. The summed E-state index contributed by atoms with van der Waals surface area (Å²) in [5.41, 5.74) is 2.44. The summed E-state index contributed by atoms with van der Waals surface area (Å²) in [6, 6.07) is 15.2. The van der Waals surface area contributed by atoms with Crippen molar-refractivity contribution in [1.82, 2.24) is 5.32 Å². The van der Waals surface area contributed by atoms with Gasteiger partial charge in [-0.05, 0) is 62.9 Å². The normalized spacial score (nSPS) is 12.2. The van der Waals surface area contributed by atoms with Gasteiger partial charge in [0.05, 0.1) is 13.0 Å². The first-order valence-electron chi connectivity index (χ1n) is 9.66. The monoisotopic (exact) mass is 417 g/mol. The number of esters is 1. The lowest BCUT2D eigenvalue weighted by atomic mass is 9.99. The fourth-order valence-electron chi connectivity index (χ4n) is 2.86. The molecule has 2 aromatic rings. The maximum atomic E-state index is 12.2. The van der Waals surface area contributed by atoms with E-state index in [-0.39, 0.29) is 12.4 Å². The third-order valence-corrected chi connectivity index (χ3v) is 4.27. The lowest BCUT2D eigenvalue weighted by Crippen LogP contribution is -2.41. The highest BCUT2D eigenvalue weighted by atomic mass is 35.5. The molecule has 156 valence electrons. The van der Waals surface area contributed by atoms with E-state index in [0.29, 0.717) is 18.1 Å². The highest BCUT2D eigenvalue weighted by molar-refractivity contribution is 6.30. The summed E-state index contributed by atoms with van der Waals surface area (Å²) in [6.07, 6.45) is -0.000794. The first-order valence-corrected chi connectivity index (χ1v) is 10.0. The Labute approximate surface area is 177 Å². The minimum absolute atomic E-state index is 0.0725. The zero-order valence-corrected chi connectivity index (χ0v) is 18.1. The number of carbonyl (C=O) groups is 2. The average molecular weight is 418 g/mol. The number of benzene rings is 2. The van der Waals surface area contributed by atoms with Crippen LogP contribution < -0.4 is 5.32 Å². The van der Waals surface area contributed by atoms with Crippen molar-refractivity contribution in [3.63, 3.8) is 0 Å². The van der Waals surface area contributed by atoms with Crippen LogP contribution in [0.2, 0.25) is 5.02 Å². The highest BCUT2D eigenvalue weighted by Crippen LogP contribution is 2.23. The minimum atomic E-state index is -0.614. The molecule has 0 saturated heterocycles. The predicted molar refractivity (Wildman–Crippen MR) is 115 cm³/mol. The van der Waals surface area contributed by atoms with Gasteiger partial charge in [-0.1, -0.05) is 48.0 Å². The SMILES string of the molecule is CCOC(=O)CC(Cc1ccc(-c2cccc(Cl)c2)cc1)NC(=O)OC(C)(C)C. The van der Waals surface area contributed by atoms with Gasteiger partial charge in [0.2, 0.25) is 0 Å². The molecule has 29 heavy (non-hydrogen) atoms. The van der Waals surface area contributed by atoms with Crippen LogP contribution in [0.25, 0.3) is 11.1 Å². The molecular formula is C23H28ClNO4. The third-order valence-electron chi connectivity index (χ3n) is 4.03. The molecule has 5 nitrogen and oxygen atoms in total. The number of carbonyl (C=O) groups excluding carboxylic acids is 2. The first kappa shape index (κ1) is 22.8. The molecule has 0 fully saturated rings. The van der Waals surface area contributed by atoms with Crippen LogP contribution in [0.15, 0.2) is 48.5 Å². The molecule has 2 rings (SSSR count). The lowest BCUT2D eigenvalue weighted by molar-refractivity contribution is -0.143. The molecule has 0 aliphatic rings. The Hall–Kier alpha value is -2.53. The van der Waals surface area contributed by atoms with Crippen LogP contribution in [0.3, 0.4) is 0 Å². The first-order chi connectivity index (χ1) is 13.7. The fraction of sp³-hybridized carbons (Fsp3) is 0.391. The van der Waals surface area contributed by atoms with Crippen LogP contribution in [0.1, 0.15) is 39.7 Å². The molecule has 0 aliphatic heterocycles.